The first-order chi connectivity index (χ1) is 8.58. The summed E-state index contributed by atoms with van der Waals surface area (Å²) in [4.78, 5) is 12.0. The molecule has 2 rings (SSSR count). The van der Waals surface area contributed by atoms with E-state index >= 15 is 0 Å². The van der Waals surface area contributed by atoms with Crippen LogP contribution in [0.5, 0.6) is 0 Å². The van der Waals surface area contributed by atoms with Crippen LogP contribution < -0.4 is 11.1 Å². The predicted molar refractivity (Wildman–Crippen MR) is 72.8 cm³/mol. The molecular weight excluding hydrogens is 244 g/mol. The lowest BCUT2D eigenvalue weighted by molar-refractivity contribution is 0.0410. The fourth-order valence-corrected chi connectivity index (χ4v) is 3.24. The number of rotatable bonds is 2. The fraction of sp³-hybridized carbons (Fsp3) is 0.929. The van der Waals surface area contributed by atoms with Gasteiger partial charge in [0.05, 0.1) is 12.1 Å². The van der Waals surface area contributed by atoms with Crippen LogP contribution in [0.2, 0.25) is 0 Å². The molecule has 1 heterocycles. The maximum absolute atomic E-state index is 12.0. The minimum absolute atomic E-state index is 0.0444. The Hall–Kier alpha value is -0.810. The van der Waals surface area contributed by atoms with Gasteiger partial charge in [-0.1, -0.05) is 13.8 Å². The number of carbonyl (C=O) groups is 1. The summed E-state index contributed by atoms with van der Waals surface area (Å²) >= 11 is 0. The van der Waals surface area contributed by atoms with E-state index in [-0.39, 0.29) is 29.0 Å². The Morgan fingerprint density at radius 1 is 1.42 bits per heavy atom. The van der Waals surface area contributed by atoms with Gasteiger partial charge in [-0.05, 0) is 32.6 Å². The van der Waals surface area contributed by atoms with Crippen molar-refractivity contribution in [2.45, 2.75) is 58.2 Å². The monoisotopic (exact) mass is 270 g/mol. The van der Waals surface area contributed by atoms with E-state index in [2.05, 4.69) is 19.2 Å². The summed E-state index contributed by atoms with van der Waals surface area (Å²) in [5.74, 6) is 0.245. The Morgan fingerprint density at radius 3 is 2.37 bits per heavy atom. The lowest BCUT2D eigenvalue weighted by Gasteiger charge is -2.32. The van der Waals surface area contributed by atoms with Crippen LogP contribution in [-0.2, 0) is 9.47 Å². The third kappa shape index (κ3) is 2.72. The van der Waals surface area contributed by atoms with E-state index in [4.69, 9.17) is 15.2 Å². The molecule has 110 valence electrons. The minimum Gasteiger partial charge on any atom is -0.444 e. The Balaban J connectivity index is 2.08. The van der Waals surface area contributed by atoms with E-state index in [1.54, 1.807) is 0 Å². The highest BCUT2D eigenvalue weighted by Gasteiger charge is 2.66. The summed E-state index contributed by atoms with van der Waals surface area (Å²) in [5.41, 5.74) is 5.35. The zero-order chi connectivity index (χ0) is 14.5. The number of alkyl carbamates (subject to hydrolysis) is 1. The molecule has 1 aliphatic carbocycles. The third-order valence-electron chi connectivity index (χ3n) is 4.31. The van der Waals surface area contributed by atoms with Gasteiger partial charge >= 0.3 is 6.09 Å². The van der Waals surface area contributed by atoms with Crippen LogP contribution in [0.3, 0.4) is 0 Å². The van der Waals surface area contributed by atoms with Crippen LogP contribution in [0.1, 0.15) is 41.0 Å². The second kappa shape index (κ2) is 4.35. The molecule has 3 N–H and O–H groups in total. The largest absolute Gasteiger partial charge is 0.444 e. The van der Waals surface area contributed by atoms with Crippen molar-refractivity contribution >= 4 is 6.09 Å². The van der Waals surface area contributed by atoms with Crippen molar-refractivity contribution in [3.05, 3.63) is 0 Å². The quantitative estimate of drug-likeness (QED) is 0.800. The van der Waals surface area contributed by atoms with Crippen LogP contribution in [-0.4, -0.2) is 36.5 Å². The highest BCUT2D eigenvalue weighted by atomic mass is 16.6. The number of nitrogens with two attached hydrogens (primary N) is 1. The molecule has 3 atom stereocenters. The van der Waals surface area contributed by atoms with E-state index in [0.29, 0.717) is 13.2 Å². The van der Waals surface area contributed by atoms with Crippen molar-refractivity contribution in [1.29, 1.82) is 0 Å². The van der Waals surface area contributed by atoms with Gasteiger partial charge in [-0.15, -0.1) is 0 Å². The molecule has 2 aliphatic rings. The van der Waals surface area contributed by atoms with E-state index < -0.39 is 5.60 Å². The van der Waals surface area contributed by atoms with E-state index in [9.17, 15) is 4.79 Å². The first-order valence-electron chi connectivity index (χ1n) is 6.93. The molecule has 5 nitrogen and oxygen atoms in total. The summed E-state index contributed by atoms with van der Waals surface area (Å²) in [6, 6.07) is 0.101. The zero-order valence-corrected chi connectivity index (χ0v) is 12.6. The molecule has 19 heavy (non-hydrogen) atoms. The number of nitrogens with one attached hydrogen (secondary N) is 1. The fourth-order valence-electron chi connectivity index (χ4n) is 3.24. The lowest BCUT2D eigenvalue weighted by Crippen LogP contribution is -2.54. The van der Waals surface area contributed by atoms with Gasteiger partial charge in [0.1, 0.15) is 5.60 Å². The number of hydrogen-bond acceptors (Lipinski definition) is 4. The topological polar surface area (TPSA) is 73.6 Å². The van der Waals surface area contributed by atoms with E-state index in [0.717, 1.165) is 6.42 Å². The Kier molecular flexibility index (Phi) is 3.34. The molecule has 0 spiro atoms. The third-order valence-corrected chi connectivity index (χ3v) is 4.31. The molecule has 0 radical (unpaired) electrons. The molecule has 0 bridgehead atoms. The molecular formula is C14H26N2O3. The molecule has 1 amide bonds. The zero-order valence-electron chi connectivity index (χ0n) is 12.6. The van der Waals surface area contributed by atoms with Crippen molar-refractivity contribution in [2.24, 2.45) is 17.1 Å². The van der Waals surface area contributed by atoms with Crippen LogP contribution >= 0.6 is 0 Å². The van der Waals surface area contributed by atoms with Crippen LogP contribution in [0.25, 0.3) is 0 Å². The van der Waals surface area contributed by atoms with Crippen LogP contribution in [0.15, 0.2) is 0 Å². The Bertz CT molecular complexity index is 367. The van der Waals surface area contributed by atoms with Crippen LogP contribution in [0.4, 0.5) is 4.79 Å². The SMILES string of the molecule is CC(C)(C)OC(=O)NC1(C2C(N)C2(C)C)CCOC1. The van der Waals surface area contributed by atoms with Gasteiger partial charge in [-0.3, -0.25) is 0 Å². The highest BCUT2D eigenvalue weighted by Crippen LogP contribution is 2.57. The standard InChI is InChI=1S/C14H26N2O3/c1-12(2,3)19-11(17)16-14(6-7-18-8-14)9-10(15)13(9,4)5/h9-10H,6-8,15H2,1-5H3,(H,16,17). The van der Waals surface area contributed by atoms with Crippen molar-refractivity contribution < 1.29 is 14.3 Å². The average Bonchev–Trinajstić information content (AvgIpc) is 2.59. The van der Waals surface area contributed by atoms with Gasteiger partial charge in [-0.25, -0.2) is 4.79 Å². The summed E-state index contributed by atoms with van der Waals surface area (Å²) in [6.07, 6.45) is 0.418. The maximum Gasteiger partial charge on any atom is 0.408 e. The smallest absolute Gasteiger partial charge is 0.408 e. The van der Waals surface area contributed by atoms with Gasteiger partial charge in [0.2, 0.25) is 0 Å². The van der Waals surface area contributed by atoms with Crippen LogP contribution in [0, 0.1) is 11.3 Å². The predicted octanol–water partition coefficient (Wildman–Crippen LogP) is 1.65. The van der Waals surface area contributed by atoms with Gasteiger partial charge in [0.15, 0.2) is 0 Å². The van der Waals surface area contributed by atoms with Crippen molar-refractivity contribution in [3.8, 4) is 0 Å². The second-order valence-corrected chi connectivity index (χ2v) is 7.41. The summed E-state index contributed by atoms with van der Waals surface area (Å²) < 4.78 is 10.9. The molecule has 1 saturated heterocycles. The van der Waals surface area contributed by atoms with Gasteiger partial charge in [0, 0.05) is 18.6 Å². The first kappa shape index (κ1) is 14.6. The maximum atomic E-state index is 12.0. The van der Waals surface area contributed by atoms with Crippen molar-refractivity contribution in [1.82, 2.24) is 5.32 Å². The van der Waals surface area contributed by atoms with E-state index in [1.807, 2.05) is 20.8 Å². The van der Waals surface area contributed by atoms with Crippen molar-refractivity contribution in [3.63, 3.8) is 0 Å². The molecule has 1 aliphatic heterocycles. The van der Waals surface area contributed by atoms with Crippen molar-refractivity contribution in [2.75, 3.05) is 13.2 Å². The summed E-state index contributed by atoms with van der Waals surface area (Å²) in [5, 5.41) is 3.03. The molecule has 0 aromatic rings. The molecule has 5 heteroatoms. The van der Waals surface area contributed by atoms with Gasteiger partial charge in [0.25, 0.3) is 0 Å². The molecule has 0 aromatic carbocycles. The Morgan fingerprint density at radius 2 is 2.00 bits per heavy atom. The Labute approximate surface area is 115 Å². The average molecular weight is 270 g/mol. The normalized spacial score (nSPS) is 36.9. The van der Waals surface area contributed by atoms with Gasteiger partial charge in [-0.2, -0.15) is 0 Å². The summed E-state index contributed by atoms with van der Waals surface area (Å²) in [7, 11) is 0. The summed E-state index contributed by atoms with van der Waals surface area (Å²) in [6.45, 7) is 11.0. The molecule has 1 saturated carbocycles. The first-order valence-corrected chi connectivity index (χ1v) is 6.93. The molecule has 3 unspecified atom stereocenters. The number of ether oxygens (including phenoxy) is 2. The lowest BCUT2D eigenvalue weighted by atomic mass is 9.88. The minimum atomic E-state index is -0.494. The number of carbonyl (C=O) groups excluding carboxylic acids is 1. The number of amides is 1. The molecule has 2 fully saturated rings. The van der Waals surface area contributed by atoms with Gasteiger partial charge < -0.3 is 20.5 Å². The molecule has 0 aromatic heterocycles. The van der Waals surface area contributed by atoms with E-state index in [1.165, 1.54) is 0 Å². The number of hydrogen-bond donors (Lipinski definition) is 2. The second-order valence-electron chi connectivity index (χ2n) is 7.41. The highest BCUT2D eigenvalue weighted by molar-refractivity contribution is 5.69.